The smallest absolute Gasteiger partial charge is 0.311 e. The summed E-state index contributed by atoms with van der Waals surface area (Å²) in [6, 6.07) is 2.95. The summed E-state index contributed by atoms with van der Waals surface area (Å²) in [6.07, 6.45) is 3.19. The monoisotopic (exact) mass is 233 g/mol. The lowest BCUT2D eigenvalue weighted by atomic mass is 10.2. The number of anilines is 1. The van der Waals surface area contributed by atoms with Crippen LogP contribution in [0.5, 0.6) is 0 Å². The van der Waals surface area contributed by atoms with Crippen molar-refractivity contribution < 1.29 is 4.92 Å². The first-order chi connectivity index (χ1) is 8.18. The summed E-state index contributed by atoms with van der Waals surface area (Å²) in [6.45, 7) is 2.33. The third-order valence-electron chi connectivity index (χ3n) is 2.36. The summed E-state index contributed by atoms with van der Waals surface area (Å²) in [5, 5.41) is 20.4. The van der Waals surface area contributed by atoms with Gasteiger partial charge in [0.25, 0.3) is 0 Å². The Kier molecular flexibility index (Phi) is 2.99. The van der Waals surface area contributed by atoms with E-state index in [1.807, 2.05) is 6.92 Å². The Balaban J connectivity index is 2.14. The molecule has 0 radical (unpaired) electrons. The van der Waals surface area contributed by atoms with E-state index in [9.17, 15) is 10.1 Å². The highest BCUT2D eigenvalue weighted by Gasteiger charge is 2.13. The number of H-pyrrole nitrogens is 1. The van der Waals surface area contributed by atoms with Gasteiger partial charge in [-0.15, -0.1) is 0 Å². The first-order valence-electron chi connectivity index (χ1n) is 5.00. The van der Waals surface area contributed by atoms with E-state index in [0.717, 1.165) is 11.3 Å². The van der Waals surface area contributed by atoms with E-state index in [-0.39, 0.29) is 11.5 Å². The highest BCUT2D eigenvalue weighted by Crippen LogP contribution is 2.20. The summed E-state index contributed by atoms with van der Waals surface area (Å²) in [5.74, 6) is 0.262. The number of aryl methyl sites for hydroxylation is 1. The maximum Gasteiger partial charge on any atom is 0.311 e. The van der Waals surface area contributed by atoms with Crippen LogP contribution in [-0.4, -0.2) is 20.1 Å². The number of aromatic amines is 1. The third-order valence-corrected chi connectivity index (χ3v) is 2.36. The number of nitrogens with zero attached hydrogens (tertiary/aromatic N) is 3. The van der Waals surface area contributed by atoms with Gasteiger partial charge in [0.05, 0.1) is 11.1 Å². The van der Waals surface area contributed by atoms with Gasteiger partial charge in [-0.05, 0) is 13.0 Å². The summed E-state index contributed by atoms with van der Waals surface area (Å²) in [5.41, 5.74) is 1.84. The van der Waals surface area contributed by atoms with Crippen molar-refractivity contribution in [1.29, 1.82) is 0 Å². The Labute approximate surface area is 97.0 Å². The molecule has 2 aromatic rings. The molecule has 7 heteroatoms. The molecule has 0 aromatic carbocycles. The number of aromatic nitrogens is 3. The number of rotatable bonds is 4. The van der Waals surface area contributed by atoms with E-state index >= 15 is 0 Å². The molecule has 0 saturated carbocycles. The number of nitrogens with one attached hydrogen (secondary N) is 2. The lowest BCUT2D eigenvalue weighted by Gasteiger charge is -2.04. The van der Waals surface area contributed by atoms with Crippen molar-refractivity contribution in [3.8, 4) is 0 Å². The van der Waals surface area contributed by atoms with Gasteiger partial charge in [-0.1, -0.05) is 0 Å². The van der Waals surface area contributed by atoms with Crippen LogP contribution in [0.2, 0.25) is 0 Å². The Bertz CT molecular complexity index is 537. The van der Waals surface area contributed by atoms with Gasteiger partial charge in [-0.3, -0.25) is 15.2 Å². The van der Waals surface area contributed by atoms with Crippen LogP contribution in [0.25, 0.3) is 0 Å². The predicted molar refractivity (Wildman–Crippen MR) is 61.5 cm³/mol. The highest BCUT2D eigenvalue weighted by molar-refractivity contribution is 5.55. The van der Waals surface area contributed by atoms with Gasteiger partial charge in [-0.25, -0.2) is 4.98 Å². The Morgan fingerprint density at radius 1 is 1.59 bits per heavy atom. The number of pyridine rings is 1. The van der Waals surface area contributed by atoms with Crippen LogP contribution >= 0.6 is 0 Å². The van der Waals surface area contributed by atoms with E-state index in [1.54, 1.807) is 6.20 Å². The van der Waals surface area contributed by atoms with Crippen LogP contribution in [0, 0.1) is 17.0 Å². The first kappa shape index (κ1) is 11.1. The van der Waals surface area contributed by atoms with Crippen LogP contribution in [0.15, 0.2) is 24.5 Å². The normalized spacial score (nSPS) is 10.2. The Hall–Kier alpha value is -2.44. The molecule has 88 valence electrons. The van der Waals surface area contributed by atoms with Gasteiger partial charge in [0, 0.05) is 30.1 Å². The lowest BCUT2D eigenvalue weighted by molar-refractivity contribution is -0.384. The van der Waals surface area contributed by atoms with Crippen molar-refractivity contribution in [2.24, 2.45) is 0 Å². The number of hydrogen-bond donors (Lipinski definition) is 2. The summed E-state index contributed by atoms with van der Waals surface area (Å²) in [7, 11) is 0. The van der Waals surface area contributed by atoms with Gasteiger partial charge in [0.15, 0.2) is 0 Å². The molecule has 0 aliphatic carbocycles. The molecular weight excluding hydrogens is 222 g/mol. The van der Waals surface area contributed by atoms with Gasteiger partial charge < -0.3 is 5.32 Å². The molecule has 7 nitrogen and oxygen atoms in total. The molecule has 0 bridgehead atoms. The van der Waals surface area contributed by atoms with Crippen LogP contribution < -0.4 is 5.32 Å². The molecule has 0 amide bonds. The number of nitro groups is 1. The van der Waals surface area contributed by atoms with Crippen LogP contribution in [0.4, 0.5) is 11.5 Å². The molecule has 0 aliphatic rings. The van der Waals surface area contributed by atoms with E-state index in [4.69, 9.17) is 0 Å². The van der Waals surface area contributed by atoms with E-state index in [0.29, 0.717) is 6.54 Å². The minimum absolute atomic E-state index is 0.0337. The van der Waals surface area contributed by atoms with Crippen LogP contribution in [0.3, 0.4) is 0 Å². The highest BCUT2D eigenvalue weighted by atomic mass is 16.6. The van der Waals surface area contributed by atoms with E-state index in [1.165, 1.54) is 18.3 Å². The second-order valence-electron chi connectivity index (χ2n) is 3.50. The molecule has 2 aromatic heterocycles. The van der Waals surface area contributed by atoms with E-state index in [2.05, 4.69) is 20.5 Å². The standard InChI is InChI=1S/C10H11N5O2/c1-7-8(6-13-14-7)5-12-10-9(15(16)17)3-2-4-11-10/h2-4,6H,5H2,1H3,(H,11,12)(H,13,14). The molecule has 2 heterocycles. The quantitative estimate of drug-likeness (QED) is 0.618. The minimum Gasteiger partial charge on any atom is -0.360 e. The topological polar surface area (TPSA) is 96.7 Å². The van der Waals surface area contributed by atoms with Gasteiger partial charge in [-0.2, -0.15) is 5.10 Å². The minimum atomic E-state index is -0.461. The average molecular weight is 233 g/mol. The fourth-order valence-corrected chi connectivity index (χ4v) is 1.41. The Morgan fingerprint density at radius 3 is 3.06 bits per heavy atom. The molecule has 0 spiro atoms. The van der Waals surface area contributed by atoms with Crippen LogP contribution in [-0.2, 0) is 6.54 Å². The van der Waals surface area contributed by atoms with Crippen molar-refractivity contribution in [3.63, 3.8) is 0 Å². The van der Waals surface area contributed by atoms with Crippen molar-refractivity contribution in [1.82, 2.24) is 15.2 Å². The molecule has 0 fully saturated rings. The second-order valence-corrected chi connectivity index (χ2v) is 3.50. The lowest BCUT2D eigenvalue weighted by Crippen LogP contribution is -2.04. The first-order valence-corrected chi connectivity index (χ1v) is 5.00. The maximum absolute atomic E-state index is 10.8. The zero-order chi connectivity index (χ0) is 12.3. The SMILES string of the molecule is Cc1[nH]ncc1CNc1ncccc1[N+](=O)[O-]. The average Bonchev–Trinajstić information content (AvgIpc) is 2.72. The van der Waals surface area contributed by atoms with Crippen LogP contribution in [0.1, 0.15) is 11.3 Å². The molecule has 2 rings (SSSR count). The maximum atomic E-state index is 10.8. The zero-order valence-electron chi connectivity index (χ0n) is 9.17. The fourth-order valence-electron chi connectivity index (χ4n) is 1.41. The van der Waals surface area contributed by atoms with Crippen molar-refractivity contribution >= 4 is 11.5 Å². The molecule has 0 atom stereocenters. The van der Waals surface area contributed by atoms with Crippen molar-refractivity contribution in [2.75, 3.05) is 5.32 Å². The van der Waals surface area contributed by atoms with Crippen molar-refractivity contribution in [3.05, 3.63) is 45.9 Å². The number of hydrogen-bond acceptors (Lipinski definition) is 5. The molecule has 17 heavy (non-hydrogen) atoms. The van der Waals surface area contributed by atoms with Gasteiger partial charge in [0.1, 0.15) is 0 Å². The fraction of sp³-hybridized carbons (Fsp3) is 0.200. The van der Waals surface area contributed by atoms with Crippen molar-refractivity contribution in [2.45, 2.75) is 13.5 Å². The summed E-state index contributed by atoms with van der Waals surface area (Å²) < 4.78 is 0. The molecule has 0 unspecified atom stereocenters. The molecular formula is C10H11N5O2. The Morgan fingerprint density at radius 2 is 2.41 bits per heavy atom. The zero-order valence-corrected chi connectivity index (χ0v) is 9.17. The van der Waals surface area contributed by atoms with E-state index < -0.39 is 4.92 Å². The molecule has 2 N–H and O–H groups in total. The summed E-state index contributed by atoms with van der Waals surface area (Å²) >= 11 is 0. The molecule has 0 saturated heterocycles. The third kappa shape index (κ3) is 2.39. The largest absolute Gasteiger partial charge is 0.360 e. The summed E-state index contributed by atoms with van der Waals surface area (Å²) in [4.78, 5) is 14.2. The predicted octanol–water partition coefficient (Wildman–Crippen LogP) is 1.63. The van der Waals surface area contributed by atoms with Gasteiger partial charge >= 0.3 is 5.69 Å². The second kappa shape index (κ2) is 4.60. The van der Waals surface area contributed by atoms with Gasteiger partial charge in [0.2, 0.25) is 5.82 Å². The molecule has 0 aliphatic heterocycles.